The van der Waals surface area contributed by atoms with Crippen molar-refractivity contribution in [2.24, 2.45) is 5.16 Å². The molecular formula is C16H27NO2. The Morgan fingerprint density at radius 1 is 1.21 bits per heavy atom. The van der Waals surface area contributed by atoms with Gasteiger partial charge in [-0.1, -0.05) is 49.9 Å². The van der Waals surface area contributed by atoms with Gasteiger partial charge in [0.25, 0.3) is 0 Å². The fourth-order valence-corrected chi connectivity index (χ4v) is 2.11. The van der Waals surface area contributed by atoms with Gasteiger partial charge < -0.3 is 9.94 Å². The summed E-state index contributed by atoms with van der Waals surface area (Å²) in [6.07, 6.45) is 16.3. The molecule has 0 saturated heterocycles. The molecule has 0 radical (unpaired) electrons. The molecule has 0 aromatic carbocycles. The highest BCUT2D eigenvalue weighted by atomic mass is 16.5. The Morgan fingerprint density at radius 3 is 2.79 bits per heavy atom. The average molecular weight is 265 g/mol. The van der Waals surface area contributed by atoms with Crippen LogP contribution in [-0.2, 0) is 4.74 Å². The van der Waals surface area contributed by atoms with E-state index in [1.807, 2.05) is 12.2 Å². The number of allylic oxidation sites excluding steroid dienone is 4. The van der Waals surface area contributed by atoms with Crippen molar-refractivity contribution in [3.63, 3.8) is 0 Å². The van der Waals surface area contributed by atoms with E-state index < -0.39 is 0 Å². The minimum Gasteiger partial charge on any atom is -0.492 e. The summed E-state index contributed by atoms with van der Waals surface area (Å²) in [5, 5.41) is 12.6. The van der Waals surface area contributed by atoms with E-state index in [0.29, 0.717) is 12.3 Å². The van der Waals surface area contributed by atoms with Crippen molar-refractivity contribution >= 4 is 5.71 Å². The van der Waals surface area contributed by atoms with E-state index in [2.05, 4.69) is 18.2 Å². The third-order valence-corrected chi connectivity index (χ3v) is 3.33. The van der Waals surface area contributed by atoms with E-state index >= 15 is 0 Å². The molecule has 0 bridgehead atoms. The number of ether oxygens (including phenoxy) is 1. The fraction of sp³-hybridized carbons (Fsp3) is 0.688. The van der Waals surface area contributed by atoms with E-state index in [4.69, 9.17) is 9.94 Å². The SMILES string of the molecule is CCCCO/C1=C/C=C\CCCCCCCC1=NO. The summed E-state index contributed by atoms with van der Waals surface area (Å²) in [5.41, 5.74) is 0.682. The summed E-state index contributed by atoms with van der Waals surface area (Å²) in [5.74, 6) is 0.729. The second-order valence-corrected chi connectivity index (χ2v) is 5.01. The van der Waals surface area contributed by atoms with Gasteiger partial charge in [0.1, 0.15) is 11.5 Å². The van der Waals surface area contributed by atoms with Crippen LogP contribution in [0.25, 0.3) is 0 Å². The lowest BCUT2D eigenvalue weighted by molar-refractivity contribution is 0.221. The Morgan fingerprint density at radius 2 is 2.00 bits per heavy atom. The Balaban J connectivity index is 2.67. The highest BCUT2D eigenvalue weighted by Crippen LogP contribution is 2.14. The van der Waals surface area contributed by atoms with Crippen LogP contribution in [-0.4, -0.2) is 17.5 Å². The maximum atomic E-state index is 9.17. The van der Waals surface area contributed by atoms with Crippen LogP contribution >= 0.6 is 0 Å². The van der Waals surface area contributed by atoms with Crippen molar-refractivity contribution in [2.75, 3.05) is 6.61 Å². The zero-order valence-corrected chi connectivity index (χ0v) is 12.1. The number of hydrogen-bond acceptors (Lipinski definition) is 3. The molecule has 0 aromatic rings. The molecule has 0 aromatic heterocycles. The molecule has 108 valence electrons. The quantitative estimate of drug-likeness (QED) is 0.450. The van der Waals surface area contributed by atoms with Crippen LogP contribution in [0.15, 0.2) is 29.1 Å². The van der Waals surface area contributed by atoms with Crippen molar-refractivity contribution in [2.45, 2.75) is 64.7 Å². The van der Waals surface area contributed by atoms with Crippen LogP contribution in [0.5, 0.6) is 0 Å². The maximum absolute atomic E-state index is 9.17. The summed E-state index contributed by atoms with van der Waals surface area (Å²) >= 11 is 0. The zero-order valence-electron chi connectivity index (χ0n) is 12.1. The van der Waals surface area contributed by atoms with E-state index in [-0.39, 0.29) is 0 Å². The number of rotatable bonds is 4. The summed E-state index contributed by atoms with van der Waals surface area (Å²) in [7, 11) is 0. The second-order valence-electron chi connectivity index (χ2n) is 5.01. The van der Waals surface area contributed by atoms with Crippen molar-refractivity contribution < 1.29 is 9.94 Å². The lowest BCUT2D eigenvalue weighted by atomic mass is 10.0. The Hall–Kier alpha value is -1.25. The predicted molar refractivity (Wildman–Crippen MR) is 79.6 cm³/mol. The van der Waals surface area contributed by atoms with Gasteiger partial charge in [-0.05, 0) is 38.2 Å². The van der Waals surface area contributed by atoms with E-state index in [0.717, 1.165) is 37.9 Å². The van der Waals surface area contributed by atoms with Crippen molar-refractivity contribution in [3.8, 4) is 0 Å². The monoisotopic (exact) mass is 265 g/mol. The number of hydrogen-bond donors (Lipinski definition) is 1. The number of nitrogens with zero attached hydrogens (tertiary/aromatic N) is 1. The van der Waals surface area contributed by atoms with E-state index in [1.165, 1.54) is 25.7 Å². The van der Waals surface area contributed by atoms with Crippen LogP contribution in [0.4, 0.5) is 0 Å². The highest BCUT2D eigenvalue weighted by Gasteiger charge is 2.09. The van der Waals surface area contributed by atoms with Crippen LogP contribution in [0.3, 0.4) is 0 Å². The zero-order chi connectivity index (χ0) is 13.8. The Labute approximate surface area is 117 Å². The van der Waals surface area contributed by atoms with Gasteiger partial charge in [0.15, 0.2) is 0 Å². The van der Waals surface area contributed by atoms with Crippen molar-refractivity contribution in [1.29, 1.82) is 0 Å². The van der Waals surface area contributed by atoms with Gasteiger partial charge in [-0.3, -0.25) is 0 Å². The van der Waals surface area contributed by atoms with Crippen molar-refractivity contribution in [3.05, 3.63) is 24.0 Å². The van der Waals surface area contributed by atoms with Crippen molar-refractivity contribution in [1.82, 2.24) is 0 Å². The second kappa shape index (κ2) is 10.7. The molecule has 19 heavy (non-hydrogen) atoms. The number of unbranched alkanes of at least 4 members (excludes halogenated alkanes) is 1. The summed E-state index contributed by atoms with van der Waals surface area (Å²) in [6, 6.07) is 0. The minimum absolute atomic E-state index is 0.682. The summed E-state index contributed by atoms with van der Waals surface area (Å²) in [6.45, 7) is 2.83. The van der Waals surface area contributed by atoms with Gasteiger partial charge in [0, 0.05) is 0 Å². The van der Waals surface area contributed by atoms with E-state index in [9.17, 15) is 0 Å². The molecule has 0 atom stereocenters. The van der Waals surface area contributed by atoms with Gasteiger partial charge in [0.05, 0.1) is 6.61 Å². The van der Waals surface area contributed by atoms with E-state index in [1.54, 1.807) is 0 Å². The third kappa shape index (κ3) is 7.04. The normalized spacial score (nSPS) is 24.9. The molecule has 1 N–H and O–H groups in total. The topological polar surface area (TPSA) is 41.8 Å². The first-order chi connectivity index (χ1) is 9.38. The van der Waals surface area contributed by atoms with Gasteiger partial charge in [-0.15, -0.1) is 0 Å². The largest absolute Gasteiger partial charge is 0.492 e. The lowest BCUT2D eigenvalue weighted by Gasteiger charge is -2.11. The molecule has 3 heteroatoms. The highest BCUT2D eigenvalue weighted by molar-refractivity contribution is 5.98. The first kappa shape index (κ1) is 15.8. The molecular weight excluding hydrogens is 238 g/mol. The fourth-order valence-electron chi connectivity index (χ4n) is 2.11. The van der Waals surface area contributed by atoms with Crippen LogP contribution < -0.4 is 0 Å². The molecule has 0 heterocycles. The molecule has 0 amide bonds. The first-order valence-corrected chi connectivity index (χ1v) is 7.59. The van der Waals surface area contributed by atoms with Crippen LogP contribution in [0.1, 0.15) is 64.7 Å². The van der Waals surface area contributed by atoms with Gasteiger partial charge in [-0.25, -0.2) is 0 Å². The molecule has 0 unspecified atom stereocenters. The molecule has 0 aliphatic heterocycles. The minimum atomic E-state index is 0.682. The smallest absolute Gasteiger partial charge is 0.144 e. The first-order valence-electron chi connectivity index (χ1n) is 7.59. The van der Waals surface area contributed by atoms with Gasteiger partial charge in [0.2, 0.25) is 0 Å². The lowest BCUT2D eigenvalue weighted by Crippen LogP contribution is -2.08. The predicted octanol–water partition coefficient (Wildman–Crippen LogP) is 4.82. The van der Waals surface area contributed by atoms with Crippen LogP contribution in [0.2, 0.25) is 0 Å². The summed E-state index contributed by atoms with van der Waals surface area (Å²) < 4.78 is 5.75. The summed E-state index contributed by atoms with van der Waals surface area (Å²) in [4.78, 5) is 0. The molecule has 0 spiro atoms. The molecule has 0 fully saturated rings. The average Bonchev–Trinajstić information content (AvgIpc) is 2.41. The maximum Gasteiger partial charge on any atom is 0.144 e. The molecule has 3 nitrogen and oxygen atoms in total. The molecule has 1 aliphatic carbocycles. The molecule has 1 rings (SSSR count). The molecule has 1 aliphatic rings. The van der Waals surface area contributed by atoms with Crippen LogP contribution in [0, 0.1) is 0 Å². The third-order valence-electron chi connectivity index (χ3n) is 3.33. The Kier molecular flexibility index (Phi) is 8.86. The molecule has 0 saturated carbocycles. The Bertz CT molecular complexity index is 319. The number of oxime groups is 1. The standard InChI is InChI=1S/C16H27NO2/c1-2-3-14-19-16-13-11-9-7-5-4-6-8-10-12-15(16)17-18/h9,11,13,18H,2-8,10,12,14H2,1H3/b11-9-,16-13+,17-15?. The van der Waals surface area contributed by atoms with Gasteiger partial charge >= 0.3 is 0 Å². The van der Waals surface area contributed by atoms with Gasteiger partial charge in [-0.2, -0.15) is 0 Å².